The van der Waals surface area contributed by atoms with E-state index in [1.165, 1.54) is 10.9 Å². The summed E-state index contributed by atoms with van der Waals surface area (Å²) < 4.78 is 17.0. The Morgan fingerprint density at radius 2 is 2.00 bits per heavy atom. The average Bonchev–Trinajstić information content (AvgIpc) is 3.03. The Labute approximate surface area is 184 Å². The van der Waals surface area contributed by atoms with E-state index < -0.39 is 0 Å². The molecule has 1 aliphatic heterocycles. The molecule has 0 radical (unpaired) electrons. The summed E-state index contributed by atoms with van der Waals surface area (Å²) in [7, 11) is 3.56. The van der Waals surface area contributed by atoms with Crippen LogP contribution in [0.2, 0.25) is 0 Å². The third-order valence-electron chi connectivity index (χ3n) is 5.15. The molecule has 0 spiro atoms. The number of fused-ring (bicyclic) bond motifs is 1. The second-order valence-electron chi connectivity index (χ2n) is 6.95. The van der Waals surface area contributed by atoms with Crippen molar-refractivity contribution in [2.24, 2.45) is 4.99 Å². The zero-order chi connectivity index (χ0) is 19.1. The van der Waals surface area contributed by atoms with Crippen LogP contribution in [0.25, 0.3) is 11.0 Å². The molecular formula is C21H32IN3O3. The minimum atomic E-state index is 0. The number of halogens is 1. The highest BCUT2D eigenvalue weighted by molar-refractivity contribution is 14.0. The number of nitrogens with one attached hydrogen (secondary N) is 1. The summed E-state index contributed by atoms with van der Waals surface area (Å²) in [5.74, 6) is 1.89. The number of furan rings is 1. The zero-order valence-corrected chi connectivity index (χ0v) is 19.4. The Balaban J connectivity index is 0.00000280. The van der Waals surface area contributed by atoms with Gasteiger partial charge in [-0.25, -0.2) is 0 Å². The Hall–Kier alpha value is -1.32. The maximum Gasteiger partial charge on any atom is 0.194 e. The standard InChI is InChI=1S/C21H31N3O3.HI/c1-16-18-7-4-5-8-19(18)27-20(16)15-23-21(22-2)24-11-9-17(10-12-24)26-14-6-13-25-3;/h4-5,7-8,17H,6,9-15H2,1-3H3,(H,22,23);1H. The van der Waals surface area contributed by atoms with Crippen LogP contribution in [0.1, 0.15) is 30.6 Å². The highest BCUT2D eigenvalue weighted by Gasteiger charge is 2.22. The summed E-state index contributed by atoms with van der Waals surface area (Å²) in [6, 6.07) is 8.16. The Morgan fingerprint density at radius 1 is 1.25 bits per heavy atom. The minimum absolute atomic E-state index is 0. The van der Waals surface area contributed by atoms with Crippen molar-refractivity contribution in [3.63, 3.8) is 0 Å². The lowest BCUT2D eigenvalue weighted by Gasteiger charge is -2.34. The van der Waals surface area contributed by atoms with E-state index in [9.17, 15) is 0 Å². The molecule has 3 rings (SSSR count). The van der Waals surface area contributed by atoms with Gasteiger partial charge >= 0.3 is 0 Å². The molecule has 7 heteroatoms. The lowest BCUT2D eigenvalue weighted by molar-refractivity contribution is 0.00988. The molecule has 1 saturated heterocycles. The Morgan fingerprint density at radius 3 is 2.68 bits per heavy atom. The largest absolute Gasteiger partial charge is 0.459 e. The molecule has 0 saturated carbocycles. The molecule has 0 unspecified atom stereocenters. The van der Waals surface area contributed by atoms with Crippen molar-refractivity contribution in [2.45, 2.75) is 38.8 Å². The van der Waals surface area contributed by atoms with Gasteiger partial charge in [0.05, 0.1) is 12.6 Å². The highest BCUT2D eigenvalue weighted by Crippen LogP contribution is 2.24. The van der Waals surface area contributed by atoms with Gasteiger partial charge in [0.15, 0.2) is 5.96 Å². The third kappa shape index (κ3) is 5.84. The molecule has 2 heterocycles. The summed E-state index contributed by atoms with van der Waals surface area (Å²) in [5, 5.41) is 4.63. The van der Waals surface area contributed by atoms with Gasteiger partial charge in [-0.05, 0) is 32.3 Å². The molecule has 156 valence electrons. The van der Waals surface area contributed by atoms with E-state index in [2.05, 4.69) is 28.2 Å². The first-order valence-electron chi connectivity index (χ1n) is 9.76. The second kappa shape index (κ2) is 11.6. The molecule has 0 aliphatic carbocycles. The lowest BCUT2D eigenvalue weighted by atomic mass is 10.1. The number of rotatable bonds is 7. The van der Waals surface area contributed by atoms with E-state index in [0.29, 0.717) is 12.6 Å². The fourth-order valence-corrected chi connectivity index (χ4v) is 3.57. The summed E-state index contributed by atoms with van der Waals surface area (Å²) in [5.41, 5.74) is 2.13. The molecule has 1 aliphatic rings. The van der Waals surface area contributed by atoms with Crippen molar-refractivity contribution < 1.29 is 13.9 Å². The lowest BCUT2D eigenvalue weighted by Crippen LogP contribution is -2.46. The monoisotopic (exact) mass is 501 g/mol. The molecule has 28 heavy (non-hydrogen) atoms. The van der Waals surface area contributed by atoms with Crippen LogP contribution in [-0.2, 0) is 16.0 Å². The van der Waals surface area contributed by atoms with Gasteiger partial charge < -0.3 is 24.1 Å². The van der Waals surface area contributed by atoms with Gasteiger partial charge in [-0.15, -0.1) is 24.0 Å². The van der Waals surface area contributed by atoms with Crippen LogP contribution in [0.5, 0.6) is 0 Å². The summed E-state index contributed by atoms with van der Waals surface area (Å²) in [4.78, 5) is 6.75. The van der Waals surface area contributed by atoms with Gasteiger partial charge in [0.2, 0.25) is 0 Å². The van der Waals surface area contributed by atoms with Crippen molar-refractivity contribution >= 4 is 40.9 Å². The first kappa shape index (κ1) is 23.0. The van der Waals surface area contributed by atoms with E-state index >= 15 is 0 Å². The van der Waals surface area contributed by atoms with E-state index in [4.69, 9.17) is 13.9 Å². The van der Waals surface area contributed by atoms with E-state index in [-0.39, 0.29) is 24.0 Å². The van der Waals surface area contributed by atoms with Crippen molar-refractivity contribution in [3.05, 3.63) is 35.6 Å². The van der Waals surface area contributed by atoms with Crippen molar-refractivity contribution in [1.29, 1.82) is 0 Å². The number of methoxy groups -OCH3 is 1. The Kier molecular flexibility index (Phi) is 9.53. The second-order valence-corrected chi connectivity index (χ2v) is 6.95. The number of benzene rings is 1. The fourth-order valence-electron chi connectivity index (χ4n) is 3.57. The van der Waals surface area contributed by atoms with Crippen LogP contribution in [0.3, 0.4) is 0 Å². The molecular weight excluding hydrogens is 469 g/mol. The zero-order valence-electron chi connectivity index (χ0n) is 17.1. The van der Waals surface area contributed by atoms with Crippen LogP contribution < -0.4 is 5.32 Å². The van der Waals surface area contributed by atoms with Gasteiger partial charge in [0, 0.05) is 51.4 Å². The highest BCUT2D eigenvalue weighted by atomic mass is 127. The molecule has 2 aromatic rings. The number of hydrogen-bond acceptors (Lipinski definition) is 4. The summed E-state index contributed by atoms with van der Waals surface area (Å²) in [6.07, 6.45) is 3.35. The smallest absolute Gasteiger partial charge is 0.194 e. The number of aliphatic imine (C=N–C) groups is 1. The number of piperidine rings is 1. The van der Waals surface area contributed by atoms with Crippen molar-refractivity contribution in [2.75, 3.05) is 40.5 Å². The number of guanidine groups is 1. The molecule has 0 atom stereocenters. The normalized spacial score (nSPS) is 15.7. The summed E-state index contributed by atoms with van der Waals surface area (Å²) >= 11 is 0. The van der Waals surface area contributed by atoms with Gasteiger partial charge in [-0.3, -0.25) is 4.99 Å². The van der Waals surface area contributed by atoms with Gasteiger partial charge in [-0.1, -0.05) is 18.2 Å². The van der Waals surface area contributed by atoms with E-state index in [1.807, 2.05) is 25.2 Å². The molecule has 1 N–H and O–H groups in total. The average molecular weight is 501 g/mol. The number of ether oxygens (including phenoxy) is 2. The number of hydrogen-bond donors (Lipinski definition) is 1. The van der Waals surface area contributed by atoms with Crippen LogP contribution in [-0.4, -0.2) is 57.4 Å². The van der Waals surface area contributed by atoms with Gasteiger partial charge in [-0.2, -0.15) is 0 Å². The van der Waals surface area contributed by atoms with Crippen LogP contribution in [0.15, 0.2) is 33.7 Å². The fraction of sp³-hybridized carbons (Fsp3) is 0.571. The van der Waals surface area contributed by atoms with Crippen molar-refractivity contribution in [3.8, 4) is 0 Å². The molecule has 1 aromatic carbocycles. The maximum atomic E-state index is 6.00. The number of likely N-dealkylation sites (tertiary alicyclic amines) is 1. The van der Waals surface area contributed by atoms with E-state index in [0.717, 1.165) is 62.9 Å². The predicted molar refractivity (Wildman–Crippen MR) is 124 cm³/mol. The topological polar surface area (TPSA) is 59.2 Å². The van der Waals surface area contributed by atoms with E-state index in [1.54, 1.807) is 7.11 Å². The van der Waals surface area contributed by atoms with Gasteiger partial charge in [0.25, 0.3) is 0 Å². The SMILES string of the molecule is CN=C(NCc1oc2ccccc2c1C)N1CCC(OCCCOC)CC1.I. The molecule has 1 aromatic heterocycles. The quantitative estimate of drug-likeness (QED) is 0.270. The molecule has 0 bridgehead atoms. The molecule has 0 amide bonds. The third-order valence-corrected chi connectivity index (χ3v) is 5.15. The van der Waals surface area contributed by atoms with Gasteiger partial charge in [0.1, 0.15) is 11.3 Å². The first-order chi connectivity index (χ1) is 13.2. The number of nitrogens with zero attached hydrogens (tertiary/aromatic N) is 2. The van der Waals surface area contributed by atoms with Crippen LogP contribution >= 0.6 is 24.0 Å². The molecule has 6 nitrogen and oxygen atoms in total. The summed E-state index contributed by atoms with van der Waals surface area (Å²) in [6.45, 7) is 6.19. The van der Waals surface area contributed by atoms with Crippen LogP contribution in [0, 0.1) is 6.92 Å². The minimum Gasteiger partial charge on any atom is -0.459 e. The molecule has 1 fully saturated rings. The maximum absolute atomic E-state index is 6.00. The number of para-hydroxylation sites is 1. The number of aryl methyl sites for hydroxylation is 1. The van der Waals surface area contributed by atoms with Crippen LogP contribution in [0.4, 0.5) is 0 Å². The van der Waals surface area contributed by atoms with Crippen molar-refractivity contribution in [1.82, 2.24) is 10.2 Å². The first-order valence-corrected chi connectivity index (χ1v) is 9.76. The predicted octanol–water partition coefficient (Wildman–Crippen LogP) is 3.95. The Bertz CT molecular complexity index is 754.